The number of benzene rings is 1. The van der Waals surface area contributed by atoms with Gasteiger partial charge in [-0.15, -0.1) is 0 Å². The zero-order valence-electron chi connectivity index (χ0n) is 13.7. The molecule has 1 atom stereocenters. The van der Waals surface area contributed by atoms with Crippen LogP contribution in [0.3, 0.4) is 0 Å². The number of hydrogen-bond donors (Lipinski definition) is 1. The van der Waals surface area contributed by atoms with Gasteiger partial charge in [0.15, 0.2) is 0 Å². The van der Waals surface area contributed by atoms with Crippen molar-refractivity contribution in [1.82, 2.24) is 0 Å². The highest BCUT2D eigenvalue weighted by Crippen LogP contribution is 2.30. The number of hydrogen-bond acceptors (Lipinski definition) is 3. The van der Waals surface area contributed by atoms with Gasteiger partial charge in [-0.2, -0.15) is 0 Å². The Morgan fingerprint density at radius 3 is 2.35 bits per heavy atom. The van der Waals surface area contributed by atoms with Crippen molar-refractivity contribution in [3.05, 3.63) is 23.8 Å². The van der Waals surface area contributed by atoms with Crippen LogP contribution in [0.1, 0.15) is 52.7 Å². The van der Waals surface area contributed by atoms with Crippen molar-refractivity contribution >= 4 is 5.69 Å². The van der Waals surface area contributed by atoms with Crippen molar-refractivity contribution in [2.24, 2.45) is 5.92 Å². The van der Waals surface area contributed by atoms with Crippen molar-refractivity contribution in [2.75, 3.05) is 19.0 Å². The Morgan fingerprint density at radius 2 is 1.80 bits per heavy atom. The topological polar surface area (TPSA) is 30.5 Å². The average Bonchev–Trinajstić information content (AvgIpc) is 2.37. The molecule has 3 nitrogen and oxygen atoms in total. The molecule has 0 aliphatic rings. The van der Waals surface area contributed by atoms with Gasteiger partial charge >= 0.3 is 0 Å². The Labute approximate surface area is 123 Å². The zero-order chi connectivity index (χ0) is 15.1. The van der Waals surface area contributed by atoms with Crippen molar-refractivity contribution in [3.8, 4) is 5.75 Å². The second-order valence-electron chi connectivity index (χ2n) is 5.95. The summed E-state index contributed by atoms with van der Waals surface area (Å²) in [6.07, 6.45) is 1.12. The first kappa shape index (κ1) is 16.8. The lowest BCUT2D eigenvalue weighted by Crippen LogP contribution is -2.11. The monoisotopic (exact) mass is 279 g/mol. The highest BCUT2D eigenvalue weighted by molar-refractivity contribution is 5.52. The summed E-state index contributed by atoms with van der Waals surface area (Å²) >= 11 is 0. The van der Waals surface area contributed by atoms with Crippen LogP contribution in [0, 0.1) is 5.92 Å². The van der Waals surface area contributed by atoms with Gasteiger partial charge in [0.1, 0.15) is 5.75 Å². The molecule has 1 unspecified atom stereocenters. The fourth-order valence-corrected chi connectivity index (χ4v) is 2.05. The van der Waals surface area contributed by atoms with Crippen LogP contribution in [-0.2, 0) is 4.74 Å². The fraction of sp³-hybridized carbons (Fsp3) is 0.647. The van der Waals surface area contributed by atoms with Crippen LogP contribution in [0.25, 0.3) is 0 Å². The Morgan fingerprint density at radius 1 is 1.10 bits per heavy atom. The minimum absolute atomic E-state index is 0.0395. The van der Waals surface area contributed by atoms with E-state index in [2.05, 4.69) is 46.0 Å². The van der Waals surface area contributed by atoms with Crippen molar-refractivity contribution in [1.29, 1.82) is 0 Å². The van der Waals surface area contributed by atoms with E-state index in [-0.39, 0.29) is 6.10 Å². The summed E-state index contributed by atoms with van der Waals surface area (Å²) < 4.78 is 11.4. The van der Waals surface area contributed by atoms with Crippen LogP contribution in [-0.4, -0.2) is 19.8 Å². The van der Waals surface area contributed by atoms with Crippen LogP contribution in [0.5, 0.6) is 5.75 Å². The summed E-state index contributed by atoms with van der Waals surface area (Å²) in [6.45, 7) is 11.5. The number of methoxy groups -OCH3 is 1. The van der Waals surface area contributed by atoms with E-state index in [1.807, 2.05) is 12.1 Å². The lowest BCUT2D eigenvalue weighted by atomic mass is 10.1. The minimum Gasteiger partial charge on any atom is -0.496 e. The maximum absolute atomic E-state index is 5.93. The van der Waals surface area contributed by atoms with E-state index in [1.54, 1.807) is 7.11 Å². The molecule has 114 valence electrons. The van der Waals surface area contributed by atoms with E-state index in [9.17, 15) is 0 Å². The standard InChI is InChI=1S/C17H29NO2/c1-12(2)9-10-20-14(5)16-11-15(18-13(3)4)7-8-17(16)19-6/h7-8,11-14,18H,9-10H2,1-6H3. The molecule has 0 radical (unpaired) electrons. The molecule has 1 N–H and O–H groups in total. The van der Waals surface area contributed by atoms with Crippen LogP contribution in [0.15, 0.2) is 18.2 Å². The quantitative estimate of drug-likeness (QED) is 0.752. The Kier molecular flexibility index (Phi) is 6.86. The maximum atomic E-state index is 5.93. The van der Waals surface area contributed by atoms with E-state index in [1.165, 1.54) is 0 Å². The molecular weight excluding hydrogens is 250 g/mol. The molecule has 3 heteroatoms. The second kappa shape index (κ2) is 8.15. The van der Waals surface area contributed by atoms with Crippen molar-refractivity contribution in [2.45, 2.75) is 53.2 Å². The Balaban J connectivity index is 2.78. The minimum atomic E-state index is 0.0395. The summed E-state index contributed by atoms with van der Waals surface area (Å²) in [5.41, 5.74) is 2.21. The van der Waals surface area contributed by atoms with E-state index in [4.69, 9.17) is 9.47 Å². The molecule has 0 fully saturated rings. The molecule has 20 heavy (non-hydrogen) atoms. The third kappa shape index (κ3) is 5.41. The molecule has 0 amide bonds. The number of anilines is 1. The van der Waals surface area contributed by atoms with Crippen molar-refractivity contribution in [3.63, 3.8) is 0 Å². The number of nitrogens with one attached hydrogen (secondary N) is 1. The van der Waals surface area contributed by atoms with E-state index in [0.717, 1.165) is 30.0 Å². The molecule has 1 aromatic carbocycles. The summed E-state index contributed by atoms with van der Waals surface area (Å²) in [5, 5.41) is 3.41. The van der Waals surface area contributed by atoms with E-state index in [0.29, 0.717) is 12.0 Å². The van der Waals surface area contributed by atoms with Crippen LogP contribution < -0.4 is 10.1 Å². The summed E-state index contributed by atoms with van der Waals surface area (Å²) in [5.74, 6) is 1.55. The highest BCUT2D eigenvalue weighted by Gasteiger charge is 2.13. The predicted octanol–water partition coefficient (Wildman–Crippen LogP) is 4.64. The van der Waals surface area contributed by atoms with Gasteiger partial charge in [0.25, 0.3) is 0 Å². The van der Waals surface area contributed by atoms with E-state index < -0.39 is 0 Å². The molecule has 0 heterocycles. The first-order valence-corrected chi connectivity index (χ1v) is 7.50. The first-order chi connectivity index (χ1) is 9.43. The molecule has 0 bridgehead atoms. The molecule has 0 spiro atoms. The largest absolute Gasteiger partial charge is 0.496 e. The second-order valence-corrected chi connectivity index (χ2v) is 5.95. The van der Waals surface area contributed by atoms with Gasteiger partial charge in [0.2, 0.25) is 0 Å². The van der Waals surface area contributed by atoms with Gasteiger partial charge in [-0.1, -0.05) is 13.8 Å². The van der Waals surface area contributed by atoms with Crippen molar-refractivity contribution < 1.29 is 9.47 Å². The molecule has 0 aliphatic heterocycles. The van der Waals surface area contributed by atoms with Gasteiger partial charge in [0.05, 0.1) is 13.2 Å². The van der Waals surface area contributed by atoms with Gasteiger partial charge in [-0.05, 0) is 51.3 Å². The molecule has 0 saturated heterocycles. The SMILES string of the molecule is COc1ccc(NC(C)C)cc1C(C)OCCC(C)C. The molecule has 1 aromatic rings. The average molecular weight is 279 g/mol. The summed E-state index contributed by atoms with van der Waals surface area (Å²) in [4.78, 5) is 0. The predicted molar refractivity (Wildman–Crippen MR) is 85.6 cm³/mol. The smallest absolute Gasteiger partial charge is 0.124 e. The first-order valence-electron chi connectivity index (χ1n) is 7.50. The Bertz CT molecular complexity index is 402. The number of rotatable bonds is 8. The lowest BCUT2D eigenvalue weighted by molar-refractivity contribution is 0.0567. The third-order valence-electron chi connectivity index (χ3n) is 3.19. The van der Waals surface area contributed by atoms with Gasteiger partial charge in [0, 0.05) is 23.9 Å². The van der Waals surface area contributed by atoms with Gasteiger partial charge < -0.3 is 14.8 Å². The van der Waals surface area contributed by atoms with Crippen LogP contribution >= 0.6 is 0 Å². The normalized spacial score (nSPS) is 12.8. The molecular formula is C17H29NO2. The number of ether oxygens (including phenoxy) is 2. The zero-order valence-corrected chi connectivity index (χ0v) is 13.7. The molecule has 0 saturated carbocycles. The van der Waals surface area contributed by atoms with Gasteiger partial charge in [-0.25, -0.2) is 0 Å². The summed E-state index contributed by atoms with van der Waals surface area (Å²) in [6, 6.07) is 6.58. The highest BCUT2D eigenvalue weighted by atomic mass is 16.5. The Hall–Kier alpha value is -1.22. The van der Waals surface area contributed by atoms with Crippen LogP contribution in [0.4, 0.5) is 5.69 Å². The summed E-state index contributed by atoms with van der Waals surface area (Å²) in [7, 11) is 1.70. The van der Waals surface area contributed by atoms with Crippen LogP contribution in [0.2, 0.25) is 0 Å². The molecule has 0 aliphatic carbocycles. The van der Waals surface area contributed by atoms with Gasteiger partial charge in [-0.3, -0.25) is 0 Å². The van der Waals surface area contributed by atoms with E-state index >= 15 is 0 Å². The fourth-order valence-electron chi connectivity index (χ4n) is 2.05. The lowest BCUT2D eigenvalue weighted by Gasteiger charge is -2.19. The molecule has 1 rings (SSSR count). The molecule has 0 aromatic heterocycles. The maximum Gasteiger partial charge on any atom is 0.124 e. The third-order valence-corrected chi connectivity index (χ3v) is 3.19.